The van der Waals surface area contributed by atoms with Crippen LogP contribution in [0.1, 0.15) is 37.5 Å². The summed E-state index contributed by atoms with van der Waals surface area (Å²) in [7, 11) is 0. The first-order chi connectivity index (χ1) is 10.2. The molecule has 0 heterocycles. The molecule has 22 heavy (non-hydrogen) atoms. The van der Waals surface area contributed by atoms with Crippen LogP contribution < -0.4 is 0 Å². The van der Waals surface area contributed by atoms with Crippen LogP contribution in [0.2, 0.25) is 0 Å². The van der Waals surface area contributed by atoms with Crippen LogP contribution in [-0.2, 0) is 5.41 Å². The fourth-order valence-electron chi connectivity index (χ4n) is 2.25. The number of azo groups is 1. The van der Waals surface area contributed by atoms with E-state index in [0.717, 1.165) is 16.7 Å². The zero-order chi connectivity index (χ0) is 16.5. The summed E-state index contributed by atoms with van der Waals surface area (Å²) in [5.74, 6) is 0.527. The largest absolute Gasteiger partial charge is 0.508 e. The highest BCUT2D eigenvalue weighted by atomic mass is 16.3. The number of hydrogen-bond acceptors (Lipinski definition) is 4. The van der Waals surface area contributed by atoms with Crippen molar-refractivity contribution >= 4 is 11.4 Å². The van der Waals surface area contributed by atoms with Gasteiger partial charge in [-0.15, -0.1) is 0 Å². The molecule has 0 amide bonds. The minimum absolute atomic E-state index is 0.172. The minimum Gasteiger partial charge on any atom is -0.508 e. The predicted octanol–water partition coefficient (Wildman–Crippen LogP) is 5.43. The van der Waals surface area contributed by atoms with Crippen LogP contribution in [-0.4, -0.2) is 10.2 Å². The van der Waals surface area contributed by atoms with Crippen LogP contribution in [0.3, 0.4) is 0 Å². The number of phenols is 2. The maximum Gasteiger partial charge on any atom is 0.122 e. The second-order valence-electron chi connectivity index (χ2n) is 6.58. The van der Waals surface area contributed by atoms with E-state index in [4.69, 9.17) is 0 Å². The van der Waals surface area contributed by atoms with Crippen molar-refractivity contribution in [1.82, 2.24) is 0 Å². The highest BCUT2D eigenvalue weighted by molar-refractivity contribution is 5.55. The predicted molar refractivity (Wildman–Crippen MR) is 88.6 cm³/mol. The number of aryl methyl sites for hydroxylation is 2. The van der Waals surface area contributed by atoms with E-state index in [2.05, 4.69) is 10.2 Å². The lowest BCUT2D eigenvalue weighted by Crippen LogP contribution is -2.11. The highest BCUT2D eigenvalue weighted by Gasteiger charge is 2.20. The molecule has 0 atom stereocenters. The molecule has 4 heteroatoms. The number of phenolic OH excluding ortho intramolecular Hbond substituents is 2. The molecule has 0 aromatic heterocycles. The van der Waals surface area contributed by atoms with Gasteiger partial charge in [0.2, 0.25) is 0 Å². The van der Waals surface area contributed by atoms with Gasteiger partial charge in [-0.05, 0) is 60.7 Å². The van der Waals surface area contributed by atoms with Crippen molar-refractivity contribution < 1.29 is 10.2 Å². The van der Waals surface area contributed by atoms with Crippen molar-refractivity contribution in [2.75, 3.05) is 0 Å². The second kappa shape index (κ2) is 5.79. The molecule has 0 aliphatic carbocycles. The van der Waals surface area contributed by atoms with Gasteiger partial charge in [-0.3, -0.25) is 0 Å². The number of nitrogens with zero attached hydrogens (tertiary/aromatic N) is 2. The van der Waals surface area contributed by atoms with Crippen LogP contribution in [0.5, 0.6) is 11.5 Å². The molecule has 0 aliphatic rings. The third-order valence-corrected chi connectivity index (χ3v) is 3.55. The van der Waals surface area contributed by atoms with E-state index in [1.807, 2.05) is 46.8 Å². The van der Waals surface area contributed by atoms with Crippen molar-refractivity contribution in [1.29, 1.82) is 0 Å². The van der Waals surface area contributed by atoms with Gasteiger partial charge >= 0.3 is 0 Å². The normalized spacial score (nSPS) is 12.0. The van der Waals surface area contributed by atoms with E-state index >= 15 is 0 Å². The van der Waals surface area contributed by atoms with Crippen LogP contribution >= 0.6 is 0 Å². The average Bonchev–Trinajstić information content (AvgIpc) is 2.40. The third kappa shape index (κ3) is 3.45. The SMILES string of the molecule is Cc1cc(O)ccc1N=Nc1cc(C)c(O)c(C(C)(C)C)c1. The maximum atomic E-state index is 10.2. The Hall–Kier alpha value is -2.36. The van der Waals surface area contributed by atoms with Gasteiger partial charge in [0.25, 0.3) is 0 Å². The van der Waals surface area contributed by atoms with Gasteiger partial charge in [-0.25, -0.2) is 0 Å². The first-order valence-electron chi connectivity index (χ1n) is 7.24. The lowest BCUT2D eigenvalue weighted by Gasteiger charge is -2.21. The molecule has 2 aromatic rings. The molecule has 0 fully saturated rings. The molecule has 116 valence electrons. The zero-order valence-corrected chi connectivity index (χ0v) is 13.7. The minimum atomic E-state index is -0.172. The quantitative estimate of drug-likeness (QED) is 0.726. The van der Waals surface area contributed by atoms with E-state index in [1.165, 1.54) is 0 Å². The molecule has 2 aromatic carbocycles. The smallest absolute Gasteiger partial charge is 0.122 e. The zero-order valence-electron chi connectivity index (χ0n) is 13.7. The van der Waals surface area contributed by atoms with Gasteiger partial charge in [-0.2, -0.15) is 10.2 Å². The monoisotopic (exact) mass is 298 g/mol. The Balaban J connectivity index is 2.41. The third-order valence-electron chi connectivity index (χ3n) is 3.55. The molecule has 0 radical (unpaired) electrons. The lowest BCUT2D eigenvalue weighted by atomic mass is 9.85. The molecular formula is C18H22N2O2. The van der Waals surface area contributed by atoms with Crippen molar-refractivity contribution in [2.45, 2.75) is 40.0 Å². The summed E-state index contributed by atoms with van der Waals surface area (Å²) in [6.07, 6.45) is 0. The van der Waals surface area contributed by atoms with Crippen molar-refractivity contribution in [3.63, 3.8) is 0 Å². The van der Waals surface area contributed by atoms with Gasteiger partial charge in [0.1, 0.15) is 11.5 Å². The van der Waals surface area contributed by atoms with Gasteiger partial charge in [0.05, 0.1) is 11.4 Å². The van der Waals surface area contributed by atoms with E-state index in [0.29, 0.717) is 17.1 Å². The molecule has 0 spiro atoms. The van der Waals surface area contributed by atoms with Crippen molar-refractivity contribution in [3.05, 3.63) is 47.0 Å². The van der Waals surface area contributed by atoms with Crippen LogP contribution in [0, 0.1) is 13.8 Å². The first kappa shape index (κ1) is 16.0. The van der Waals surface area contributed by atoms with E-state index in [-0.39, 0.29) is 11.2 Å². The molecule has 2 rings (SSSR count). The summed E-state index contributed by atoms with van der Waals surface area (Å²) >= 11 is 0. The van der Waals surface area contributed by atoms with Gasteiger partial charge in [0, 0.05) is 5.56 Å². The fourth-order valence-corrected chi connectivity index (χ4v) is 2.25. The summed E-state index contributed by atoms with van der Waals surface area (Å²) in [6, 6.07) is 8.64. The maximum absolute atomic E-state index is 10.2. The molecule has 0 bridgehead atoms. The van der Waals surface area contributed by atoms with Gasteiger partial charge < -0.3 is 10.2 Å². The van der Waals surface area contributed by atoms with Gasteiger partial charge in [-0.1, -0.05) is 20.8 Å². The number of benzene rings is 2. The lowest BCUT2D eigenvalue weighted by molar-refractivity contribution is 0.443. The topological polar surface area (TPSA) is 65.2 Å². The fraction of sp³-hybridized carbons (Fsp3) is 0.333. The van der Waals surface area contributed by atoms with Crippen LogP contribution in [0.15, 0.2) is 40.6 Å². The van der Waals surface area contributed by atoms with E-state index in [9.17, 15) is 10.2 Å². The molecular weight excluding hydrogens is 276 g/mol. The van der Waals surface area contributed by atoms with Crippen molar-refractivity contribution in [2.24, 2.45) is 10.2 Å². The first-order valence-corrected chi connectivity index (χ1v) is 7.24. The van der Waals surface area contributed by atoms with Crippen molar-refractivity contribution in [3.8, 4) is 11.5 Å². The van der Waals surface area contributed by atoms with Crippen LogP contribution in [0.25, 0.3) is 0 Å². The molecule has 0 saturated heterocycles. The summed E-state index contributed by atoms with van der Waals surface area (Å²) in [6.45, 7) is 9.87. The average molecular weight is 298 g/mol. The Morgan fingerprint density at radius 2 is 1.55 bits per heavy atom. The second-order valence-corrected chi connectivity index (χ2v) is 6.58. The Morgan fingerprint density at radius 1 is 0.864 bits per heavy atom. The van der Waals surface area contributed by atoms with Crippen LogP contribution in [0.4, 0.5) is 11.4 Å². The van der Waals surface area contributed by atoms with Gasteiger partial charge in [0.15, 0.2) is 0 Å². The molecule has 2 N–H and O–H groups in total. The number of rotatable bonds is 2. The van der Waals surface area contributed by atoms with E-state index in [1.54, 1.807) is 18.2 Å². The molecule has 0 aliphatic heterocycles. The Bertz CT molecular complexity index is 729. The summed E-state index contributed by atoms with van der Waals surface area (Å²) in [5.41, 5.74) is 3.73. The summed E-state index contributed by atoms with van der Waals surface area (Å²) < 4.78 is 0. The molecule has 4 nitrogen and oxygen atoms in total. The highest BCUT2D eigenvalue weighted by Crippen LogP contribution is 2.37. The number of hydrogen-bond donors (Lipinski definition) is 2. The molecule has 0 saturated carbocycles. The Labute approximate surface area is 131 Å². The van der Waals surface area contributed by atoms with E-state index < -0.39 is 0 Å². The Kier molecular flexibility index (Phi) is 4.22. The molecule has 0 unspecified atom stereocenters. The summed E-state index contributed by atoms with van der Waals surface area (Å²) in [4.78, 5) is 0. The summed E-state index contributed by atoms with van der Waals surface area (Å²) in [5, 5.41) is 28.2. The Morgan fingerprint density at radius 3 is 2.14 bits per heavy atom. The standard InChI is InChI=1S/C18H22N2O2/c1-11-9-14(21)6-7-16(11)20-19-13-8-12(2)17(22)15(10-13)18(3,4)5/h6-10,21-22H,1-5H3. The number of aromatic hydroxyl groups is 2.